The highest BCUT2D eigenvalue weighted by Gasteiger charge is 2.47. The number of hydrogen-bond acceptors (Lipinski definition) is 6. The third kappa shape index (κ3) is 5.16. The normalized spacial score (nSPS) is 29.5. The number of carbonyl (C=O) groups is 1. The fraction of sp³-hybridized carbons (Fsp3) is 0.750. The summed E-state index contributed by atoms with van der Waals surface area (Å²) in [6.45, 7) is 10.6. The fourth-order valence-corrected chi connectivity index (χ4v) is 3.65. The van der Waals surface area contributed by atoms with E-state index >= 15 is 0 Å². The van der Waals surface area contributed by atoms with Gasteiger partial charge in [-0.1, -0.05) is 39.3 Å². The summed E-state index contributed by atoms with van der Waals surface area (Å²) in [6.07, 6.45) is 7.09. The predicted molar refractivity (Wildman–Crippen MR) is 97.2 cm³/mol. The van der Waals surface area contributed by atoms with Crippen molar-refractivity contribution in [2.24, 2.45) is 10.8 Å². The molecule has 0 aromatic carbocycles. The second kappa shape index (κ2) is 9.65. The first-order chi connectivity index (χ1) is 12.5. The van der Waals surface area contributed by atoms with Crippen LogP contribution in [0.4, 0.5) is 0 Å². The number of esters is 1. The van der Waals surface area contributed by atoms with Crippen molar-refractivity contribution in [2.45, 2.75) is 58.0 Å². The Morgan fingerprint density at radius 3 is 2.42 bits per heavy atom. The van der Waals surface area contributed by atoms with Crippen molar-refractivity contribution < 1.29 is 28.8 Å². The molecule has 0 radical (unpaired) electrons. The van der Waals surface area contributed by atoms with Gasteiger partial charge in [0.2, 0.25) is 0 Å². The van der Waals surface area contributed by atoms with Crippen molar-refractivity contribution in [1.82, 2.24) is 0 Å². The van der Waals surface area contributed by atoms with E-state index in [4.69, 9.17) is 18.9 Å². The van der Waals surface area contributed by atoms with Gasteiger partial charge in [-0.2, -0.15) is 0 Å². The van der Waals surface area contributed by atoms with Crippen LogP contribution < -0.4 is 0 Å². The maximum Gasteiger partial charge on any atom is 0.330 e. The second-order valence-corrected chi connectivity index (χ2v) is 7.48. The number of hydrogen-bond donors (Lipinski definition) is 1. The SMILES string of the molecule is C=CC(=O)OCC1(C2OCC(CC)(COC(O)C=C)CO2)CCCCC1. The van der Waals surface area contributed by atoms with Crippen molar-refractivity contribution in [2.75, 3.05) is 26.4 Å². The number of ether oxygens (including phenoxy) is 4. The molecule has 0 amide bonds. The third-order valence-corrected chi connectivity index (χ3v) is 5.61. The lowest BCUT2D eigenvalue weighted by Crippen LogP contribution is -2.53. The van der Waals surface area contributed by atoms with E-state index in [1.165, 1.54) is 18.6 Å². The van der Waals surface area contributed by atoms with Crippen LogP contribution in [0.3, 0.4) is 0 Å². The quantitative estimate of drug-likeness (QED) is 0.292. The zero-order valence-corrected chi connectivity index (χ0v) is 15.8. The van der Waals surface area contributed by atoms with Gasteiger partial charge in [-0.25, -0.2) is 4.79 Å². The van der Waals surface area contributed by atoms with E-state index < -0.39 is 18.5 Å². The Bertz CT molecular complexity index is 475. The highest BCUT2D eigenvalue weighted by molar-refractivity contribution is 5.81. The molecule has 2 fully saturated rings. The topological polar surface area (TPSA) is 74.2 Å². The molecule has 6 heteroatoms. The Morgan fingerprint density at radius 2 is 1.88 bits per heavy atom. The van der Waals surface area contributed by atoms with Gasteiger partial charge in [0, 0.05) is 11.5 Å². The highest BCUT2D eigenvalue weighted by atomic mass is 16.7. The van der Waals surface area contributed by atoms with E-state index in [2.05, 4.69) is 20.1 Å². The molecule has 1 saturated carbocycles. The summed E-state index contributed by atoms with van der Waals surface area (Å²) in [6, 6.07) is 0. The molecule has 1 aliphatic heterocycles. The molecule has 1 atom stereocenters. The average Bonchev–Trinajstić information content (AvgIpc) is 2.71. The maximum atomic E-state index is 11.5. The van der Waals surface area contributed by atoms with E-state index in [0.29, 0.717) is 19.8 Å². The van der Waals surface area contributed by atoms with Gasteiger partial charge in [0.15, 0.2) is 12.6 Å². The molecular formula is C20H32O6. The minimum absolute atomic E-state index is 0.285. The van der Waals surface area contributed by atoms with Crippen molar-refractivity contribution >= 4 is 5.97 Å². The van der Waals surface area contributed by atoms with Gasteiger partial charge in [0.05, 0.1) is 25.2 Å². The van der Waals surface area contributed by atoms with Crippen LogP contribution in [-0.2, 0) is 23.7 Å². The van der Waals surface area contributed by atoms with Gasteiger partial charge in [-0.3, -0.25) is 0 Å². The molecule has 1 N–H and O–H groups in total. The van der Waals surface area contributed by atoms with E-state index in [9.17, 15) is 9.90 Å². The zero-order chi connectivity index (χ0) is 19.0. The van der Waals surface area contributed by atoms with Gasteiger partial charge in [-0.15, -0.1) is 0 Å². The Morgan fingerprint density at radius 1 is 1.23 bits per heavy atom. The van der Waals surface area contributed by atoms with Crippen LogP contribution in [0.1, 0.15) is 45.4 Å². The number of carbonyl (C=O) groups excluding carboxylic acids is 1. The van der Waals surface area contributed by atoms with Crippen LogP contribution in [0.5, 0.6) is 0 Å². The molecule has 6 nitrogen and oxygen atoms in total. The minimum atomic E-state index is -0.987. The lowest BCUT2D eigenvalue weighted by Gasteiger charge is -2.48. The van der Waals surface area contributed by atoms with Crippen molar-refractivity contribution in [3.63, 3.8) is 0 Å². The first kappa shape index (κ1) is 21.1. The number of rotatable bonds is 9. The summed E-state index contributed by atoms with van der Waals surface area (Å²) in [7, 11) is 0. The van der Waals surface area contributed by atoms with Gasteiger partial charge >= 0.3 is 5.97 Å². The summed E-state index contributed by atoms with van der Waals surface area (Å²) in [5, 5.41) is 9.56. The van der Waals surface area contributed by atoms with Gasteiger partial charge in [0.1, 0.15) is 6.61 Å². The van der Waals surface area contributed by atoms with Gasteiger partial charge in [-0.05, 0) is 25.3 Å². The van der Waals surface area contributed by atoms with Crippen molar-refractivity contribution in [1.29, 1.82) is 0 Å². The van der Waals surface area contributed by atoms with E-state index in [1.807, 2.05) is 0 Å². The molecule has 1 aliphatic carbocycles. The van der Waals surface area contributed by atoms with Gasteiger partial charge in [0.25, 0.3) is 0 Å². The monoisotopic (exact) mass is 368 g/mol. The molecule has 2 rings (SSSR count). The molecule has 1 saturated heterocycles. The van der Waals surface area contributed by atoms with E-state index in [1.54, 1.807) is 0 Å². The highest BCUT2D eigenvalue weighted by Crippen LogP contribution is 2.44. The third-order valence-electron chi connectivity index (χ3n) is 5.61. The number of aliphatic hydroxyl groups is 1. The lowest BCUT2D eigenvalue weighted by atomic mass is 9.73. The largest absolute Gasteiger partial charge is 0.462 e. The molecule has 26 heavy (non-hydrogen) atoms. The summed E-state index contributed by atoms with van der Waals surface area (Å²) < 4.78 is 23.1. The first-order valence-electron chi connectivity index (χ1n) is 9.44. The molecule has 1 unspecified atom stereocenters. The minimum Gasteiger partial charge on any atom is -0.462 e. The Kier molecular flexibility index (Phi) is 7.83. The molecule has 1 heterocycles. The van der Waals surface area contributed by atoms with E-state index in [0.717, 1.165) is 32.1 Å². The van der Waals surface area contributed by atoms with Crippen LogP contribution in [0.2, 0.25) is 0 Å². The van der Waals surface area contributed by atoms with Crippen molar-refractivity contribution in [3.8, 4) is 0 Å². The second-order valence-electron chi connectivity index (χ2n) is 7.48. The fourth-order valence-electron chi connectivity index (χ4n) is 3.65. The Balaban J connectivity index is 2.00. The number of aliphatic hydroxyl groups excluding tert-OH is 1. The van der Waals surface area contributed by atoms with E-state index in [-0.39, 0.29) is 17.4 Å². The molecule has 0 aromatic heterocycles. The lowest BCUT2D eigenvalue weighted by molar-refractivity contribution is -0.296. The van der Waals surface area contributed by atoms with Crippen LogP contribution in [0, 0.1) is 10.8 Å². The molecule has 148 valence electrons. The molecule has 0 spiro atoms. The standard InChI is InChI=1S/C20H32O6/c1-4-16(21)23-12-19(6-3)13-25-18(26-14-19)20(10-8-7-9-11-20)15-24-17(22)5-2/h4-5,16,18,21H,1-2,6-15H2,3H3. The van der Waals surface area contributed by atoms with Crippen LogP contribution in [-0.4, -0.2) is 50.1 Å². The Labute approximate surface area is 156 Å². The molecule has 0 aromatic rings. The molecule has 0 bridgehead atoms. The zero-order valence-electron chi connectivity index (χ0n) is 15.8. The molecule has 2 aliphatic rings. The summed E-state index contributed by atoms with van der Waals surface area (Å²) in [4.78, 5) is 11.5. The van der Waals surface area contributed by atoms with Crippen LogP contribution in [0.15, 0.2) is 25.3 Å². The summed E-state index contributed by atoms with van der Waals surface area (Å²) >= 11 is 0. The summed E-state index contributed by atoms with van der Waals surface area (Å²) in [5.41, 5.74) is -0.605. The average molecular weight is 368 g/mol. The smallest absolute Gasteiger partial charge is 0.330 e. The maximum absolute atomic E-state index is 11.5. The predicted octanol–water partition coefficient (Wildman–Crippen LogP) is 2.96. The first-order valence-corrected chi connectivity index (χ1v) is 9.44. The van der Waals surface area contributed by atoms with Crippen LogP contribution >= 0.6 is 0 Å². The summed E-state index contributed by atoms with van der Waals surface area (Å²) in [5.74, 6) is -0.416. The van der Waals surface area contributed by atoms with Crippen LogP contribution in [0.25, 0.3) is 0 Å². The van der Waals surface area contributed by atoms with Crippen molar-refractivity contribution in [3.05, 3.63) is 25.3 Å². The Hall–Kier alpha value is -1.21. The van der Waals surface area contributed by atoms with Gasteiger partial charge < -0.3 is 24.1 Å². The molecular weight excluding hydrogens is 336 g/mol.